The van der Waals surface area contributed by atoms with E-state index in [0.717, 1.165) is 28.9 Å². The van der Waals surface area contributed by atoms with E-state index in [1.807, 2.05) is 67.3 Å². The third-order valence-electron chi connectivity index (χ3n) is 8.71. The second kappa shape index (κ2) is 15.7. The van der Waals surface area contributed by atoms with Crippen LogP contribution in [0.2, 0.25) is 0 Å². The maximum absolute atomic E-state index is 15.8. The first-order valence-corrected chi connectivity index (χ1v) is 17.2. The van der Waals surface area contributed by atoms with E-state index in [4.69, 9.17) is 23.9 Å². The molecule has 1 fully saturated rings. The van der Waals surface area contributed by atoms with Gasteiger partial charge >= 0.3 is 12.1 Å². The molecule has 12 nitrogen and oxygen atoms in total. The van der Waals surface area contributed by atoms with Crippen LogP contribution in [0.1, 0.15) is 76.8 Å². The number of likely N-dealkylation sites (tertiary alicyclic amines) is 1. The van der Waals surface area contributed by atoms with Gasteiger partial charge in [-0.25, -0.2) is 23.1 Å². The predicted molar refractivity (Wildman–Crippen MR) is 187 cm³/mol. The van der Waals surface area contributed by atoms with Crippen LogP contribution in [0.3, 0.4) is 0 Å². The van der Waals surface area contributed by atoms with E-state index in [-0.39, 0.29) is 36.4 Å². The summed E-state index contributed by atoms with van der Waals surface area (Å²) in [5.41, 5.74) is 1.39. The number of hydrogen-bond acceptors (Lipinski definition) is 10. The molecule has 1 amide bonds. The summed E-state index contributed by atoms with van der Waals surface area (Å²) in [4.78, 5) is 25.0. The van der Waals surface area contributed by atoms with Crippen LogP contribution >= 0.6 is 0 Å². The molecule has 2 aromatic heterocycles. The molecule has 2 unspecified atom stereocenters. The molecular weight excluding hydrogens is 662 g/mol. The van der Waals surface area contributed by atoms with Gasteiger partial charge in [0.1, 0.15) is 23.2 Å². The van der Waals surface area contributed by atoms with E-state index in [1.54, 1.807) is 35.0 Å². The molecular formula is C37H48F2N6O6. The second-order valence-corrected chi connectivity index (χ2v) is 13.9. The van der Waals surface area contributed by atoms with Crippen molar-refractivity contribution in [3.63, 3.8) is 0 Å². The van der Waals surface area contributed by atoms with Crippen LogP contribution in [0.25, 0.3) is 5.65 Å². The number of hydrogen-bond donors (Lipinski definition) is 1. The molecule has 1 saturated heterocycles. The number of alkyl halides is 2. The first kappa shape index (κ1) is 37.5. The molecule has 1 aliphatic rings. The van der Waals surface area contributed by atoms with Crippen molar-refractivity contribution >= 4 is 17.6 Å². The van der Waals surface area contributed by atoms with E-state index < -0.39 is 36.2 Å². The number of piperidine rings is 1. The third kappa shape index (κ3) is 9.15. The SMILES string of the molecule is CCC[C@H](C)Oc1nc(N(Cc2ccc(OC)cc2)Cc2ccc(OC)cc2)c2ncc(C(O)C3CCN(C(=O)OC(C)(C)C)CC3(F)F)n2n1. The molecule has 3 heterocycles. The van der Waals surface area contributed by atoms with Crippen molar-refractivity contribution in [2.45, 2.75) is 90.7 Å². The minimum absolute atomic E-state index is 0.0103. The molecule has 1 aliphatic heterocycles. The first-order valence-electron chi connectivity index (χ1n) is 17.2. The normalized spacial score (nSPS) is 17.1. The van der Waals surface area contributed by atoms with Crippen LogP contribution in [-0.2, 0) is 17.8 Å². The number of aromatic nitrogens is 4. The average molecular weight is 711 g/mol. The minimum Gasteiger partial charge on any atom is -0.497 e. The molecule has 5 rings (SSSR count). The number of nitrogens with zero attached hydrogens (tertiary/aromatic N) is 6. The monoisotopic (exact) mass is 710 g/mol. The maximum Gasteiger partial charge on any atom is 0.410 e. The zero-order valence-corrected chi connectivity index (χ0v) is 30.3. The number of benzene rings is 2. The molecule has 4 aromatic rings. The number of rotatable bonds is 13. The van der Waals surface area contributed by atoms with Gasteiger partial charge in [-0.1, -0.05) is 37.6 Å². The summed E-state index contributed by atoms with van der Waals surface area (Å²) in [6.45, 7) is 8.86. The summed E-state index contributed by atoms with van der Waals surface area (Å²) in [6.07, 6.45) is 0.0534. The van der Waals surface area contributed by atoms with Crippen LogP contribution < -0.4 is 19.1 Å². The zero-order chi connectivity index (χ0) is 36.9. The number of amides is 1. The summed E-state index contributed by atoms with van der Waals surface area (Å²) in [5, 5.41) is 16.2. The topological polar surface area (TPSA) is 124 Å². The Balaban J connectivity index is 1.55. The van der Waals surface area contributed by atoms with E-state index in [2.05, 4.69) is 10.1 Å². The van der Waals surface area contributed by atoms with Crippen molar-refractivity contribution in [2.24, 2.45) is 5.92 Å². The maximum atomic E-state index is 15.8. The Morgan fingerprint density at radius 2 is 1.63 bits per heavy atom. The lowest BCUT2D eigenvalue weighted by atomic mass is 9.86. The number of imidazole rings is 1. The fourth-order valence-corrected chi connectivity index (χ4v) is 6.12. The fraction of sp³-hybridized carbons (Fsp3) is 0.514. The molecule has 0 aliphatic carbocycles. The van der Waals surface area contributed by atoms with E-state index in [0.29, 0.717) is 30.4 Å². The highest BCUT2D eigenvalue weighted by atomic mass is 19.3. The summed E-state index contributed by atoms with van der Waals surface area (Å²) in [5.74, 6) is -3.14. The van der Waals surface area contributed by atoms with Gasteiger partial charge in [-0.05, 0) is 75.9 Å². The number of ether oxygens (including phenoxy) is 4. The molecule has 0 saturated carbocycles. The highest BCUT2D eigenvalue weighted by Crippen LogP contribution is 2.42. The van der Waals surface area contributed by atoms with Crippen LogP contribution in [-0.4, -0.2) is 80.6 Å². The van der Waals surface area contributed by atoms with Gasteiger partial charge in [0.2, 0.25) is 0 Å². The number of halogens is 2. The number of fused-ring (bicyclic) bond motifs is 1. The number of methoxy groups -OCH3 is 2. The molecule has 0 spiro atoms. The standard InChI is InChI=1S/C37H48F2N6O6/c1-8-9-24(2)50-34-41-33(44(21-25-10-14-27(48-6)15-11-25)22-26-12-16-28(49-7)17-13-26)32-40-20-30(45(32)42-34)31(46)29-18-19-43(23-37(29,38)39)35(47)51-36(3,4)5/h10-17,20,24,29,31,46H,8-9,18-19,21-23H2,1-7H3/t24-,29?,31?/m0/s1. The molecule has 0 radical (unpaired) electrons. The molecule has 0 bridgehead atoms. The van der Waals surface area contributed by atoms with Gasteiger partial charge in [0.05, 0.1) is 44.7 Å². The van der Waals surface area contributed by atoms with Crippen molar-refractivity contribution < 1.29 is 37.6 Å². The molecule has 3 atom stereocenters. The fourth-order valence-electron chi connectivity index (χ4n) is 6.12. The summed E-state index contributed by atoms with van der Waals surface area (Å²) >= 11 is 0. The summed E-state index contributed by atoms with van der Waals surface area (Å²) < 4.78 is 55.1. The van der Waals surface area contributed by atoms with Crippen molar-refractivity contribution in [3.05, 3.63) is 71.5 Å². The molecule has 1 N–H and O–H groups in total. The van der Waals surface area contributed by atoms with E-state index in [1.165, 1.54) is 10.7 Å². The Morgan fingerprint density at radius 3 is 2.14 bits per heavy atom. The van der Waals surface area contributed by atoms with Crippen LogP contribution in [0.4, 0.5) is 19.4 Å². The predicted octanol–water partition coefficient (Wildman–Crippen LogP) is 6.84. The Bertz CT molecular complexity index is 1710. The Hall–Kier alpha value is -4.72. The lowest BCUT2D eigenvalue weighted by Gasteiger charge is -2.40. The van der Waals surface area contributed by atoms with Crippen LogP contribution in [0, 0.1) is 5.92 Å². The van der Waals surface area contributed by atoms with E-state index >= 15 is 8.78 Å². The zero-order valence-electron chi connectivity index (χ0n) is 30.3. The lowest BCUT2D eigenvalue weighted by Crippen LogP contribution is -2.53. The van der Waals surface area contributed by atoms with Gasteiger partial charge in [-0.2, -0.15) is 4.98 Å². The Labute approximate surface area is 297 Å². The van der Waals surface area contributed by atoms with Crippen molar-refractivity contribution in [1.82, 2.24) is 24.5 Å². The van der Waals surface area contributed by atoms with Crippen molar-refractivity contribution in [1.29, 1.82) is 0 Å². The van der Waals surface area contributed by atoms with Gasteiger partial charge in [0, 0.05) is 19.6 Å². The summed E-state index contributed by atoms with van der Waals surface area (Å²) in [6, 6.07) is 15.3. The molecule has 2 aromatic carbocycles. The van der Waals surface area contributed by atoms with Crippen molar-refractivity contribution in [3.8, 4) is 17.5 Å². The first-order chi connectivity index (χ1) is 24.2. The number of carbonyl (C=O) groups excluding carboxylic acids is 1. The lowest BCUT2D eigenvalue weighted by molar-refractivity contribution is -0.146. The largest absolute Gasteiger partial charge is 0.497 e. The van der Waals surface area contributed by atoms with Gasteiger partial charge < -0.3 is 33.9 Å². The van der Waals surface area contributed by atoms with Gasteiger partial charge in [0.15, 0.2) is 11.5 Å². The van der Waals surface area contributed by atoms with Gasteiger partial charge in [-0.15, -0.1) is 5.10 Å². The third-order valence-corrected chi connectivity index (χ3v) is 8.71. The van der Waals surface area contributed by atoms with Crippen LogP contribution in [0.5, 0.6) is 17.5 Å². The number of anilines is 1. The molecule has 14 heteroatoms. The minimum atomic E-state index is -3.43. The quantitative estimate of drug-likeness (QED) is 0.158. The molecule has 51 heavy (non-hydrogen) atoms. The number of aliphatic hydroxyl groups excluding tert-OH is 1. The second-order valence-electron chi connectivity index (χ2n) is 13.9. The summed E-state index contributed by atoms with van der Waals surface area (Å²) in [7, 11) is 3.21. The highest BCUT2D eigenvalue weighted by Gasteiger charge is 2.50. The number of aliphatic hydroxyl groups is 1. The van der Waals surface area contributed by atoms with Gasteiger partial charge in [-0.3, -0.25) is 0 Å². The smallest absolute Gasteiger partial charge is 0.410 e. The average Bonchev–Trinajstić information content (AvgIpc) is 3.51. The van der Waals surface area contributed by atoms with Gasteiger partial charge in [0.25, 0.3) is 5.92 Å². The van der Waals surface area contributed by atoms with Crippen LogP contribution in [0.15, 0.2) is 54.7 Å². The Kier molecular flexibility index (Phi) is 11.5. The number of carbonyl (C=O) groups is 1. The highest BCUT2D eigenvalue weighted by molar-refractivity contribution is 5.68. The Morgan fingerprint density at radius 1 is 1.04 bits per heavy atom. The van der Waals surface area contributed by atoms with E-state index in [9.17, 15) is 9.90 Å². The molecule has 276 valence electrons. The van der Waals surface area contributed by atoms with Crippen molar-refractivity contribution in [2.75, 3.05) is 32.2 Å².